The van der Waals surface area contributed by atoms with Crippen LogP contribution >= 0.6 is 0 Å². The van der Waals surface area contributed by atoms with Gasteiger partial charge in [-0.2, -0.15) is 4.98 Å². The van der Waals surface area contributed by atoms with Gasteiger partial charge in [0.15, 0.2) is 5.65 Å². The van der Waals surface area contributed by atoms with E-state index in [9.17, 15) is 23.8 Å². The second-order valence-electron chi connectivity index (χ2n) is 10.1. The minimum Gasteiger partial charge on any atom is -0.394 e. The fourth-order valence-corrected chi connectivity index (χ4v) is 4.80. The Hall–Kier alpha value is -4.93. The molecule has 2 aromatic heterocycles. The molecule has 5 aromatic rings. The Bertz CT molecular complexity index is 1820. The molecule has 0 aliphatic heterocycles. The highest BCUT2D eigenvalue weighted by atomic mass is 19.1. The molecule has 0 atom stereocenters. The van der Waals surface area contributed by atoms with Gasteiger partial charge in [-0.15, -0.1) is 0 Å². The number of nitrogens with one attached hydrogen (secondary N) is 2. The van der Waals surface area contributed by atoms with Crippen molar-refractivity contribution < 1.29 is 19.0 Å². The molecule has 10 heteroatoms. The van der Waals surface area contributed by atoms with Crippen LogP contribution in [0.3, 0.4) is 0 Å². The summed E-state index contributed by atoms with van der Waals surface area (Å²) in [6, 6.07) is 21.0. The molecule has 0 unspecified atom stereocenters. The van der Waals surface area contributed by atoms with E-state index >= 15 is 0 Å². The molecule has 0 bridgehead atoms. The number of aliphatic hydroxyl groups excluding tert-OH is 2. The van der Waals surface area contributed by atoms with Crippen molar-refractivity contribution in [1.29, 1.82) is 0 Å². The Kier molecular flexibility index (Phi) is 8.89. The van der Waals surface area contributed by atoms with Crippen LogP contribution in [0.4, 0.5) is 14.7 Å². The number of rotatable bonds is 11. The van der Waals surface area contributed by atoms with Crippen molar-refractivity contribution in [3.05, 3.63) is 124 Å². The van der Waals surface area contributed by atoms with E-state index in [4.69, 9.17) is 0 Å². The highest BCUT2D eigenvalue weighted by Gasteiger charge is 2.21. The number of nitrogens with zero attached hydrogens (tertiary/aromatic N) is 3. The molecule has 2 heterocycles. The minimum absolute atomic E-state index is 0.0451. The third kappa shape index (κ3) is 6.30. The van der Waals surface area contributed by atoms with Gasteiger partial charge in [-0.1, -0.05) is 55.1 Å². The van der Waals surface area contributed by atoms with Gasteiger partial charge >= 0.3 is 0 Å². The molecule has 5 rings (SSSR count). The van der Waals surface area contributed by atoms with Crippen LogP contribution in [0, 0.1) is 18.6 Å². The normalized spacial score (nSPS) is 11.2. The molecule has 0 radical (unpaired) electrons. The van der Waals surface area contributed by atoms with Crippen molar-refractivity contribution in [2.45, 2.75) is 19.4 Å². The predicted molar refractivity (Wildman–Crippen MR) is 164 cm³/mol. The first kappa shape index (κ1) is 29.6. The van der Waals surface area contributed by atoms with Crippen molar-refractivity contribution in [2.24, 2.45) is 0 Å². The van der Waals surface area contributed by atoms with Crippen molar-refractivity contribution in [2.75, 3.05) is 25.1 Å². The summed E-state index contributed by atoms with van der Waals surface area (Å²) < 4.78 is 30.8. The molecule has 0 saturated carbocycles. The lowest BCUT2D eigenvalue weighted by Crippen LogP contribution is -2.29. The number of halogens is 2. The average molecular weight is 584 g/mol. The maximum absolute atomic E-state index is 15.0. The van der Waals surface area contributed by atoms with Crippen LogP contribution in [-0.2, 0) is 6.42 Å². The van der Waals surface area contributed by atoms with Gasteiger partial charge in [0.2, 0.25) is 5.95 Å². The molecule has 0 saturated heterocycles. The Morgan fingerprint density at radius 1 is 0.953 bits per heavy atom. The first-order valence-electron chi connectivity index (χ1n) is 13.7. The van der Waals surface area contributed by atoms with E-state index in [1.165, 1.54) is 23.8 Å². The van der Waals surface area contributed by atoms with Gasteiger partial charge < -0.3 is 20.8 Å². The maximum atomic E-state index is 15.0. The van der Waals surface area contributed by atoms with Gasteiger partial charge in [0.25, 0.3) is 5.56 Å². The number of aliphatic hydroxyl groups is 2. The van der Waals surface area contributed by atoms with Crippen molar-refractivity contribution in [1.82, 2.24) is 19.9 Å². The van der Waals surface area contributed by atoms with E-state index in [2.05, 4.69) is 39.3 Å². The molecular formula is C33H31F2N5O3. The first-order valence-corrected chi connectivity index (χ1v) is 13.7. The van der Waals surface area contributed by atoms with Crippen molar-refractivity contribution >= 4 is 22.7 Å². The fraction of sp³-hybridized carbons (Fsp3) is 0.182. The number of aromatic nitrogens is 3. The van der Waals surface area contributed by atoms with Gasteiger partial charge in [-0.25, -0.2) is 13.8 Å². The van der Waals surface area contributed by atoms with Crippen LogP contribution in [0.2, 0.25) is 0 Å². The predicted octanol–water partition coefficient (Wildman–Crippen LogP) is 4.60. The van der Waals surface area contributed by atoms with Crippen LogP contribution < -0.4 is 16.2 Å². The summed E-state index contributed by atoms with van der Waals surface area (Å²) in [7, 11) is 0. The van der Waals surface area contributed by atoms with Crippen molar-refractivity contribution in [3.8, 4) is 16.9 Å². The maximum Gasteiger partial charge on any atom is 0.256 e. The van der Waals surface area contributed by atoms with E-state index in [-0.39, 0.29) is 11.6 Å². The molecule has 0 fully saturated rings. The largest absolute Gasteiger partial charge is 0.394 e. The molecular weight excluding hydrogens is 552 g/mol. The highest BCUT2D eigenvalue weighted by molar-refractivity contribution is 5.93. The summed E-state index contributed by atoms with van der Waals surface area (Å²) in [6.07, 6.45) is 0.811. The van der Waals surface area contributed by atoms with E-state index in [0.717, 1.165) is 34.2 Å². The molecule has 0 spiro atoms. The SMILES string of the molecule is C=C(NCCc1ccccc1)c1ccc(C)c(-c2nc(NC(CO)CO)nc3c2ccc(=O)n3-c2c(F)cccc2F)c1. The lowest BCUT2D eigenvalue weighted by molar-refractivity contribution is 0.203. The first-order chi connectivity index (χ1) is 20.8. The lowest BCUT2D eigenvalue weighted by atomic mass is 9.98. The molecule has 220 valence electrons. The van der Waals surface area contributed by atoms with E-state index in [1.54, 1.807) is 0 Å². The van der Waals surface area contributed by atoms with Crippen molar-refractivity contribution in [3.63, 3.8) is 0 Å². The summed E-state index contributed by atoms with van der Waals surface area (Å²) >= 11 is 0. The van der Waals surface area contributed by atoms with Crippen LogP contribution in [0.25, 0.3) is 33.7 Å². The molecule has 8 nitrogen and oxygen atoms in total. The van der Waals surface area contributed by atoms with Crippen LogP contribution in [-0.4, -0.2) is 50.5 Å². The number of hydrogen-bond donors (Lipinski definition) is 4. The lowest BCUT2D eigenvalue weighted by Gasteiger charge is -2.19. The van der Waals surface area contributed by atoms with Gasteiger partial charge in [0.05, 0.1) is 24.9 Å². The van der Waals surface area contributed by atoms with E-state index < -0.39 is 42.1 Å². The standard InChI is InChI=1S/C33H31F2N5O3/c1-20-11-12-23(21(2)36-16-15-22-7-4-3-5-8-22)17-26(20)30-25-13-14-29(43)40(31-27(34)9-6-10-28(31)35)32(25)39-33(38-30)37-24(18-41)19-42/h3-14,17,24,36,41-42H,2,15-16,18-19H2,1H3,(H,37,38,39). The second kappa shape index (κ2) is 12.9. The molecule has 0 aliphatic carbocycles. The Balaban J connectivity index is 1.64. The number of aryl methyl sites for hydroxylation is 1. The van der Waals surface area contributed by atoms with Gasteiger partial charge in [-0.3, -0.25) is 9.36 Å². The third-order valence-electron chi connectivity index (χ3n) is 7.12. The zero-order valence-electron chi connectivity index (χ0n) is 23.5. The third-order valence-corrected chi connectivity index (χ3v) is 7.12. The Labute approximate surface area is 247 Å². The molecule has 0 amide bonds. The monoisotopic (exact) mass is 583 g/mol. The number of pyridine rings is 1. The second-order valence-corrected chi connectivity index (χ2v) is 10.1. The van der Waals surface area contributed by atoms with E-state index in [0.29, 0.717) is 28.9 Å². The Morgan fingerprint density at radius 2 is 1.67 bits per heavy atom. The summed E-state index contributed by atoms with van der Waals surface area (Å²) in [5.74, 6) is -1.93. The average Bonchev–Trinajstić information content (AvgIpc) is 3.01. The minimum atomic E-state index is -0.941. The summed E-state index contributed by atoms with van der Waals surface area (Å²) in [6.45, 7) is 5.90. The smallest absolute Gasteiger partial charge is 0.256 e. The fourth-order valence-electron chi connectivity index (χ4n) is 4.80. The Morgan fingerprint density at radius 3 is 2.37 bits per heavy atom. The summed E-state index contributed by atoms with van der Waals surface area (Å²) in [5, 5.41) is 25.9. The van der Waals surface area contributed by atoms with Gasteiger partial charge in [0.1, 0.15) is 17.3 Å². The molecule has 3 aromatic carbocycles. The number of fused-ring (bicyclic) bond motifs is 1. The molecule has 43 heavy (non-hydrogen) atoms. The quantitative estimate of drug-likeness (QED) is 0.180. The molecule has 4 N–H and O–H groups in total. The van der Waals surface area contributed by atoms with E-state index in [1.807, 2.05) is 43.3 Å². The van der Waals surface area contributed by atoms with Gasteiger partial charge in [-0.05, 0) is 54.3 Å². The van der Waals surface area contributed by atoms with Crippen LogP contribution in [0.5, 0.6) is 0 Å². The number of hydrogen-bond acceptors (Lipinski definition) is 7. The zero-order chi connectivity index (χ0) is 30.5. The number of anilines is 1. The number of para-hydroxylation sites is 1. The van der Waals surface area contributed by atoms with Crippen LogP contribution in [0.15, 0.2) is 90.2 Å². The van der Waals surface area contributed by atoms with Gasteiger partial charge in [0, 0.05) is 29.3 Å². The highest BCUT2D eigenvalue weighted by Crippen LogP contribution is 2.32. The molecule has 0 aliphatic rings. The summed E-state index contributed by atoms with van der Waals surface area (Å²) in [5.41, 5.74) is 3.25. The zero-order valence-corrected chi connectivity index (χ0v) is 23.5. The van der Waals surface area contributed by atoms with Crippen LogP contribution in [0.1, 0.15) is 16.7 Å². The topological polar surface area (TPSA) is 112 Å². The summed E-state index contributed by atoms with van der Waals surface area (Å²) in [4.78, 5) is 22.2. The number of benzene rings is 3.